The second-order valence-electron chi connectivity index (χ2n) is 7.71. The minimum atomic E-state index is -0.383. The molecule has 9 nitrogen and oxygen atoms in total. The molecule has 1 fully saturated rings. The molecule has 2 N–H and O–H groups in total. The summed E-state index contributed by atoms with van der Waals surface area (Å²) in [6.07, 6.45) is 6.90. The largest absolute Gasteiger partial charge is 0.461 e. The fourth-order valence-electron chi connectivity index (χ4n) is 3.37. The Hall–Kier alpha value is -4.11. The summed E-state index contributed by atoms with van der Waals surface area (Å²) in [5.74, 6) is 1.49. The Labute approximate surface area is 199 Å². The van der Waals surface area contributed by atoms with Gasteiger partial charge in [-0.2, -0.15) is 0 Å². The number of carbonyl (C=O) groups excluding carboxylic acids is 2. The summed E-state index contributed by atoms with van der Waals surface area (Å²) in [6.45, 7) is 0. The predicted molar refractivity (Wildman–Crippen MR) is 127 cm³/mol. The van der Waals surface area contributed by atoms with Crippen LogP contribution in [-0.4, -0.2) is 32.2 Å². The van der Waals surface area contributed by atoms with Gasteiger partial charge in [0.15, 0.2) is 11.9 Å². The summed E-state index contributed by atoms with van der Waals surface area (Å²) in [6, 6.07) is 13.7. The lowest BCUT2D eigenvalue weighted by atomic mass is 10.2. The Balaban J connectivity index is 1.29. The minimum Gasteiger partial charge on any atom is -0.461 e. The van der Waals surface area contributed by atoms with Crippen LogP contribution in [0.4, 0.5) is 11.5 Å². The number of rotatable bonds is 8. The van der Waals surface area contributed by atoms with Gasteiger partial charge in [0, 0.05) is 23.9 Å². The topological polar surface area (TPSA) is 107 Å². The van der Waals surface area contributed by atoms with E-state index in [2.05, 4.69) is 20.6 Å². The quantitative estimate of drug-likeness (QED) is 0.356. The van der Waals surface area contributed by atoms with Crippen LogP contribution in [0.3, 0.4) is 0 Å². The molecule has 0 unspecified atom stereocenters. The number of hydrogen-bond acceptors (Lipinski definition) is 6. The van der Waals surface area contributed by atoms with Crippen LogP contribution in [0.1, 0.15) is 23.2 Å². The normalized spacial score (nSPS) is 12.9. The van der Waals surface area contributed by atoms with Crippen molar-refractivity contribution in [1.82, 2.24) is 14.4 Å². The maximum atomic E-state index is 12.7. The number of hydrogen-bond donors (Lipinski definition) is 2. The number of imidazole rings is 1. The van der Waals surface area contributed by atoms with E-state index in [1.165, 1.54) is 6.20 Å². The van der Waals surface area contributed by atoms with Crippen LogP contribution in [-0.2, 0) is 4.79 Å². The molecule has 0 radical (unpaired) electrons. The van der Waals surface area contributed by atoms with Crippen molar-refractivity contribution < 1.29 is 19.1 Å². The lowest BCUT2D eigenvalue weighted by Gasteiger charge is -2.11. The Bertz CT molecular complexity index is 1370. The van der Waals surface area contributed by atoms with E-state index in [-0.39, 0.29) is 35.2 Å². The summed E-state index contributed by atoms with van der Waals surface area (Å²) >= 11 is 5.61. The van der Waals surface area contributed by atoms with E-state index in [0.29, 0.717) is 28.7 Å². The molecule has 0 saturated heterocycles. The number of nitrogens with zero attached hydrogens (tertiary/aromatic N) is 3. The number of aromatic nitrogens is 3. The molecule has 1 aliphatic carbocycles. The first kappa shape index (κ1) is 21.7. The van der Waals surface area contributed by atoms with Crippen molar-refractivity contribution in [1.29, 1.82) is 0 Å². The van der Waals surface area contributed by atoms with Crippen molar-refractivity contribution >= 4 is 40.6 Å². The average Bonchev–Trinajstić information content (AvgIpc) is 3.61. The Morgan fingerprint density at radius 3 is 2.76 bits per heavy atom. The molecule has 0 bridgehead atoms. The molecular formula is C24H20ClN5O4. The van der Waals surface area contributed by atoms with E-state index in [1.54, 1.807) is 65.3 Å². The molecule has 3 heterocycles. The number of alkyl halides is 1. The molecule has 0 atom stereocenters. The van der Waals surface area contributed by atoms with Gasteiger partial charge in [0.2, 0.25) is 11.8 Å². The van der Waals surface area contributed by atoms with Crippen molar-refractivity contribution in [3.63, 3.8) is 0 Å². The van der Waals surface area contributed by atoms with Crippen LogP contribution in [0.2, 0.25) is 0 Å². The van der Waals surface area contributed by atoms with Crippen LogP contribution < -0.4 is 20.1 Å². The lowest BCUT2D eigenvalue weighted by molar-refractivity contribution is -0.117. The monoisotopic (exact) mass is 477 g/mol. The van der Waals surface area contributed by atoms with E-state index >= 15 is 0 Å². The molecular weight excluding hydrogens is 458 g/mol. The standard InChI is InChI=1S/C24H20ClN5O4/c25-14-33-24-19(5-2-10-26-24)23(32)27-16-3-1-4-17(11-16)34-18-8-9-21-28-20(13-30(21)12-18)29-22(31)15-6-7-15/h1-5,8-13,15H,6-7,14H2,(H,27,32)(H,29,31). The Morgan fingerprint density at radius 2 is 1.94 bits per heavy atom. The van der Waals surface area contributed by atoms with Crippen molar-refractivity contribution in [3.05, 3.63) is 72.7 Å². The number of anilines is 2. The summed E-state index contributed by atoms with van der Waals surface area (Å²) in [7, 11) is 0. The number of carbonyl (C=O) groups is 2. The highest BCUT2D eigenvalue weighted by molar-refractivity contribution is 6.17. The Kier molecular flexibility index (Phi) is 6.01. The van der Waals surface area contributed by atoms with Gasteiger partial charge < -0.3 is 24.5 Å². The number of amides is 2. The maximum Gasteiger partial charge on any atom is 0.261 e. The highest BCUT2D eigenvalue weighted by atomic mass is 35.5. The van der Waals surface area contributed by atoms with Gasteiger partial charge in [-0.1, -0.05) is 17.7 Å². The number of pyridine rings is 2. The molecule has 2 amide bonds. The first-order chi connectivity index (χ1) is 16.6. The van der Waals surface area contributed by atoms with Crippen molar-refractivity contribution in [2.45, 2.75) is 12.8 Å². The first-order valence-corrected chi connectivity index (χ1v) is 11.2. The van der Waals surface area contributed by atoms with E-state index in [0.717, 1.165) is 12.8 Å². The lowest BCUT2D eigenvalue weighted by Crippen LogP contribution is -2.14. The van der Waals surface area contributed by atoms with E-state index in [1.807, 2.05) is 0 Å². The van der Waals surface area contributed by atoms with Crippen LogP contribution in [0.5, 0.6) is 17.4 Å². The predicted octanol–water partition coefficient (Wildman–Crippen LogP) is 4.70. The number of benzene rings is 1. The third kappa shape index (κ3) is 4.94. The molecule has 4 aromatic rings. The second kappa shape index (κ2) is 9.40. The number of halogens is 1. The van der Waals surface area contributed by atoms with Gasteiger partial charge in [-0.05, 0) is 49.2 Å². The molecule has 5 rings (SSSR count). The molecule has 10 heteroatoms. The third-order valence-corrected chi connectivity index (χ3v) is 5.27. The Morgan fingerprint density at radius 1 is 1.06 bits per heavy atom. The fourth-order valence-corrected chi connectivity index (χ4v) is 3.47. The van der Waals surface area contributed by atoms with Gasteiger partial charge in [-0.3, -0.25) is 9.59 Å². The third-order valence-electron chi connectivity index (χ3n) is 5.16. The zero-order valence-electron chi connectivity index (χ0n) is 17.9. The molecule has 172 valence electrons. The molecule has 1 aliphatic rings. The van der Waals surface area contributed by atoms with Crippen molar-refractivity contribution in [2.24, 2.45) is 5.92 Å². The van der Waals surface area contributed by atoms with Gasteiger partial charge in [0.1, 0.15) is 22.7 Å². The van der Waals surface area contributed by atoms with Crippen LogP contribution in [0.15, 0.2) is 67.1 Å². The smallest absolute Gasteiger partial charge is 0.261 e. The second-order valence-corrected chi connectivity index (χ2v) is 7.93. The average molecular weight is 478 g/mol. The highest BCUT2D eigenvalue weighted by Crippen LogP contribution is 2.30. The zero-order valence-corrected chi connectivity index (χ0v) is 18.7. The molecule has 0 aliphatic heterocycles. The summed E-state index contributed by atoms with van der Waals surface area (Å²) in [5, 5.41) is 5.65. The van der Waals surface area contributed by atoms with E-state index < -0.39 is 0 Å². The SMILES string of the molecule is O=C(Nc1cccc(Oc2ccc3nc(NC(=O)C4CC4)cn3c2)c1)c1cccnc1OCCl. The maximum absolute atomic E-state index is 12.7. The van der Waals surface area contributed by atoms with Crippen molar-refractivity contribution in [3.8, 4) is 17.4 Å². The molecule has 3 aromatic heterocycles. The summed E-state index contributed by atoms with van der Waals surface area (Å²) < 4.78 is 13.0. The van der Waals surface area contributed by atoms with Crippen LogP contribution in [0.25, 0.3) is 5.65 Å². The zero-order chi connectivity index (χ0) is 23.5. The van der Waals surface area contributed by atoms with E-state index in [4.69, 9.17) is 21.1 Å². The number of nitrogens with one attached hydrogen (secondary N) is 2. The van der Waals surface area contributed by atoms with Crippen molar-refractivity contribution in [2.75, 3.05) is 16.7 Å². The van der Waals surface area contributed by atoms with Gasteiger partial charge in [0.25, 0.3) is 5.91 Å². The highest BCUT2D eigenvalue weighted by Gasteiger charge is 2.30. The van der Waals surface area contributed by atoms with Crippen LogP contribution >= 0.6 is 11.6 Å². The van der Waals surface area contributed by atoms with Crippen LogP contribution in [0, 0.1) is 5.92 Å². The number of fused-ring (bicyclic) bond motifs is 1. The first-order valence-electron chi connectivity index (χ1n) is 10.6. The fraction of sp³-hybridized carbons (Fsp3) is 0.167. The summed E-state index contributed by atoms with van der Waals surface area (Å²) in [5.41, 5.74) is 1.49. The number of ether oxygens (including phenoxy) is 2. The molecule has 1 saturated carbocycles. The minimum absolute atomic E-state index is 0.00589. The van der Waals surface area contributed by atoms with Gasteiger partial charge in [0.05, 0.1) is 12.4 Å². The molecule has 1 aromatic carbocycles. The summed E-state index contributed by atoms with van der Waals surface area (Å²) in [4.78, 5) is 33.1. The van der Waals surface area contributed by atoms with Gasteiger partial charge in [-0.25, -0.2) is 9.97 Å². The van der Waals surface area contributed by atoms with Gasteiger partial charge >= 0.3 is 0 Å². The van der Waals surface area contributed by atoms with Gasteiger partial charge in [-0.15, -0.1) is 0 Å². The molecule has 34 heavy (non-hydrogen) atoms. The van der Waals surface area contributed by atoms with E-state index in [9.17, 15) is 9.59 Å². The molecule has 0 spiro atoms.